The minimum absolute atomic E-state index is 0.0443. The minimum atomic E-state index is -0.767. The molecule has 0 spiro atoms. The number of aromatic nitrogens is 3. The lowest BCUT2D eigenvalue weighted by atomic mass is 9.66. The number of amides is 1. The SMILES string of the molecule is NC(=O)c1c(N)sc2c1CCC(Cc1c[nH]nn1)(c1ccccc1)C2=O. The fourth-order valence-electron chi connectivity index (χ4n) is 3.77. The normalized spacial score (nSPS) is 19.3. The van der Waals surface area contributed by atoms with Gasteiger partial charge in [0.25, 0.3) is 5.91 Å². The Morgan fingerprint density at radius 1 is 1.31 bits per heavy atom. The standard InChI is InChI=1S/C18H17N5O2S/c19-16(25)13-12-6-7-18(8-11-9-21-23-22-11,10-4-2-1-3-5-10)15(24)14(12)26-17(13)20/h1-5,9H,6-8,20H2,(H2,19,25)(H,21,22,23). The summed E-state index contributed by atoms with van der Waals surface area (Å²) in [4.78, 5) is 25.9. The Morgan fingerprint density at radius 2 is 2.08 bits per heavy atom. The largest absolute Gasteiger partial charge is 0.390 e. The van der Waals surface area contributed by atoms with E-state index in [1.54, 1.807) is 6.20 Å². The van der Waals surface area contributed by atoms with Crippen LogP contribution in [-0.2, 0) is 18.3 Å². The third-order valence-corrected chi connectivity index (χ3v) is 6.06. The number of hydrogen-bond acceptors (Lipinski definition) is 6. The van der Waals surface area contributed by atoms with Crippen molar-refractivity contribution in [3.63, 3.8) is 0 Å². The highest BCUT2D eigenvalue weighted by atomic mass is 32.1. The van der Waals surface area contributed by atoms with Crippen LogP contribution in [0.25, 0.3) is 0 Å². The zero-order valence-corrected chi connectivity index (χ0v) is 14.7. The van der Waals surface area contributed by atoms with Crippen LogP contribution in [0.5, 0.6) is 0 Å². The molecule has 0 bridgehead atoms. The number of rotatable bonds is 4. The summed E-state index contributed by atoms with van der Waals surface area (Å²) in [7, 11) is 0. The van der Waals surface area contributed by atoms with Crippen molar-refractivity contribution in [2.45, 2.75) is 24.7 Å². The third kappa shape index (κ3) is 2.41. The molecule has 132 valence electrons. The summed E-state index contributed by atoms with van der Waals surface area (Å²) in [5.74, 6) is -0.631. The van der Waals surface area contributed by atoms with Crippen molar-refractivity contribution < 1.29 is 9.59 Å². The van der Waals surface area contributed by atoms with Gasteiger partial charge in [-0.3, -0.25) is 14.7 Å². The van der Waals surface area contributed by atoms with E-state index < -0.39 is 11.3 Å². The van der Waals surface area contributed by atoms with Gasteiger partial charge in [0.1, 0.15) is 0 Å². The number of carbonyl (C=O) groups is 2. The van der Waals surface area contributed by atoms with E-state index in [1.807, 2.05) is 30.3 Å². The topological polar surface area (TPSA) is 128 Å². The molecular weight excluding hydrogens is 350 g/mol. The molecule has 26 heavy (non-hydrogen) atoms. The van der Waals surface area contributed by atoms with Gasteiger partial charge in [-0.1, -0.05) is 35.5 Å². The number of carbonyl (C=O) groups excluding carboxylic acids is 2. The fourth-order valence-corrected chi connectivity index (χ4v) is 4.93. The first kappa shape index (κ1) is 16.5. The summed E-state index contributed by atoms with van der Waals surface area (Å²) in [6, 6.07) is 9.66. The Kier molecular flexibility index (Phi) is 3.84. The minimum Gasteiger partial charge on any atom is -0.390 e. The lowest BCUT2D eigenvalue weighted by molar-refractivity contribution is 0.0862. The van der Waals surface area contributed by atoms with Crippen LogP contribution in [0, 0.1) is 0 Å². The molecule has 4 rings (SSSR count). The van der Waals surface area contributed by atoms with Gasteiger partial charge in [0.05, 0.1) is 26.6 Å². The van der Waals surface area contributed by atoms with Crippen molar-refractivity contribution in [1.82, 2.24) is 15.4 Å². The number of H-pyrrole nitrogens is 1. The Labute approximate surface area is 153 Å². The van der Waals surface area contributed by atoms with Gasteiger partial charge in [-0.15, -0.1) is 16.4 Å². The van der Waals surface area contributed by atoms with Crippen LogP contribution in [0.1, 0.15) is 43.3 Å². The summed E-state index contributed by atoms with van der Waals surface area (Å²) in [6.45, 7) is 0. The first-order valence-electron chi connectivity index (χ1n) is 8.19. The van der Waals surface area contributed by atoms with E-state index in [0.717, 1.165) is 16.9 Å². The van der Waals surface area contributed by atoms with Crippen molar-refractivity contribution in [3.8, 4) is 0 Å². The molecule has 1 unspecified atom stereocenters. The monoisotopic (exact) mass is 367 g/mol. The Hall–Kier alpha value is -3.00. The van der Waals surface area contributed by atoms with Crippen LogP contribution in [0.3, 0.4) is 0 Å². The molecule has 3 aromatic rings. The Morgan fingerprint density at radius 3 is 2.73 bits per heavy atom. The number of nitrogens with one attached hydrogen (secondary N) is 1. The highest BCUT2D eigenvalue weighted by Crippen LogP contribution is 2.45. The molecule has 1 aliphatic rings. The van der Waals surface area contributed by atoms with E-state index in [1.165, 1.54) is 0 Å². The van der Waals surface area contributed by atoms with E-state index in [-0.39, 0.29) is 5.78 Å². The van der Waals surface area contributed by atoms with Crippen molar-refractivity contribution in [3.05, 3.63) is 63.8 Å². The number of ketones is 1. The Bertz CT molecular complexity index is 981. The maximum Gasteiger partial charge on any atom is 0.251 e. The van der Waals surface area contributed by atoms with Crippen LogP contribution in [0.4, 0.5) is 5.00 Å². The molecule has 0 aliphatic heterocycles. The van der Waals surface area contributed by atoms with E-state index >= 15 is 0 Å². The summed E-state index contributed by atoms with van der Waals surface area (Å²) >= 11 is 1.15. The molecule has 1 amide bonds. The van der Waals surface area contributed by atoms with Crippen LogP contribution in [0.15, 0.2) is 36.5 Å². The molecule has 7 nitrogen and oxygen atoms in total. The van der Waals surface area contributed by atoms with Crippen LogP contribution in [0.2, 0.25) is 0 Å². The number of primary amides is 1. The number of nitrogens with zero attached hydrogens (tertiary/aromatic N) is 2. The van der Waals surface area contributed by atoms with Crippen molar-refractivity contribution in [2.75, 3.05) is 5.73 Å². The number of aromatic amines is 1. The first-order valence-corrected chi connectivity index (χ1v) is 9.01. The van der Waals surface area contributed by atoms with Gasteiger partial charge in [-0.05, 0) is 24.0 Å². The lowest BCUT2D eigenvalue weighted by Crippen LogP contribution is -2.42. The number of fused-ring (bicyclic) bond motifs is 1. The third-order valence-electron chi connectivity index (χ3n) is 5.00. The molecule has 0 radical (unpaired) electrons. The molecule has 0 fully saturated rings. The summed E-state index contributed by atoms with van der Waals surface area (Å²) < 4.78 is 0. The zero-order chi connectivity index (χ0) is 18.3. The van der Waals surface area contributed by atoms with E-state index in [4.69, 9.17) is 11.5 Å². The van der Waals surface area contributed by atoms with Gasteiger partial charge < -0.3 is 11.5 Å². The fraction of sp³-hybridized carbons (Fsp3) is 0.222. The number of thiophene rings is 1. The number of anilines is 1. The quantitative estimate of drug-likeness (QED) is 0.648. The van der Waals surface area contributed by atoms with Gasteiger partial charge in [-0.25, -0.2) is 0 Å². The van der Waals surface area contributed by atoms with E-state index in [2.05, 4.69) is 15.4 Å². The van der Waals surface area contributed by atoms with Crippen LogP contribution < -0.4 is 11.5 Å². The van der Waals surface area contributed by atoms with Gasteiger partial charge in [0, 0.05) is 12.6 Å². The molecular formula is C18H17N5O2S. The molecule has 8 heteroatoms. The molecule has 5 N–H and O–H groups in total. The highest BCUT2D eigenvalue weighted by molar-refractivity contribution is 7.18. The predicted octanol–water partition coefficient (Wildman–Crippen LogP) is 1.86. The van der Waals surface area contributed by atoms with Crippen molar-refractivity contribution >= 4 is 28.0 Å². The smallest absolute Gasteiger partial charge is 0.251 e. The summed E-state index contributed by atoms with van der Waals surface area (Å²) in [6.07, 6.45) is 3.23. The number of hydrogen-bond donors (Lipinski definition) is 3. The van der Waals surface area contributed by atoms with Crippen LogP contribution in [-0.4, -0.2) is 27.1 Å². The molecule has 0 saturated carbocycles. The second-order valence-electron chi connectivity index (χ2n) is 6.43. The number of nitrogen functional groups attached to an aromatic ring is 1. The molecule has 0 saturated heterocycles. The molecule has 2 aromatic heterocycles. The van der Waals surface area contributed by atoms with E-state index in [9.17, 15) is 9.59 Å². The van der Waals surface area contributed by atoms with Gasteiger partial charge >= 0.3 is 0 Å². The second kappa shape index (κ2) is 6.06. The molecule has 1 atom stereocenters. The number of Topliss-reactive ketones (excluding diaryl/α,β-unsaturated/α-hetero) is 1. The maximum atomic E-state index is 13.6. The highest BCUT2D eigenvalue weighted by Gasteiger charge is 2.46. The predicted molar refractivity (Wildman–Crippen MR) is 98.1 cm³/mol. The molecule has 1 aromatic carbocycles. The number of nitrogens with two attached hydrogens (primary N) is 2. The first-order chi connectivity index (χ1) is 12.5. The lowest BCUT2D eigenvalue weighted by Gasteiger charge is -2.35. The Balaban J connectivity index is 1.87. The second-order valence-corrected chi connectivity index (χ2v) is 7.48. The van der Waals surface area contributed by atoms with E-state index in [0.29, 0.717) is 46.0 Å². The van der Waals surface area contributed by atoms with Crippen molar-refractivity contribution in [2.24, 2.45) is 5.73 Å². The van der Waals surface area contributed by atoms with Gasteiger partial charge in [-0.2, -0.15) is 0 Å². The number of benzene rings is 1. The van der Waals surface area contributed by atoms with Crippen LogP contribution >= 0.6 is 11.3 Å². The molecule has 2 heterocycles. The molecule has 1 aliphatic carbocycles. The average Bonchev–Trinajstić information content (AvgIpc) is 3.25. The summed E-state index contributed by atoms with van der Waals surface area (Å²) in [5.41, 5.74) is 13.3. The average molecular weight is 367 g/mol. The van der Waals surface area contributed by atoms with Crippen molar-refractivity contribution in [1.29, 1.82) is 0 Å². The zero-order valence-electron chi connectivity index (χ0n) is 13.9. The van der Waals surface area contributed by atoms with Gasteiger partial charge in [0.15, 0.2) is 5.78 Å². The maximum absolute atomic E-state index is 13.6. The van der Waals surface area contributed by atoms with Gasteiger partial charge in [0.2, 0.25) is 0 Å². The summed E-state index contributed by atoms with van der Waals surface area (Å²) in [5, 5.41) is 10.8.